The number of fused-ring (bicyclic) bond motifs is 2. The van der Waals surface area contributed by atoms with Gasteiger partial charge in [0.2, 0.25) is 5.91 Å². The molecule has 2 saturated heterocycles. The van der Waals surface area contributed by atoms with Crippen LogP contribution in [-0.4, -0.2) is 26.3 Å². The van der Waals surface area contributed by atoms with E-state index in [-0.39, 0.29) is 10.6 Å². The molecule has 2 aliphatic rings. The van der Waals surface area contributed by atoms with E-state index in [9.17, 15) is 18.0 Å². The molecule has 2 heterocycles. The van der Waals surface area contributed by atoms with Gasteiger partial charge in [-0.2, -0.15) is 8.42 Å². The van der Waals surface area contributed by atoms with Crippen molar-refractivity contribution in [1.82, 2.24) is 0 Å². The van der Waals surface area contributed by atoms with Crippen molar-refractivity contribution in [1.29, 1.82) is 0 Å². The van der Waals surface area contributed by atoms with Crippen LogP contribution in [0.25, 0.3) is 10.8 Å². The van der Waals surface area contributed by atoms with Gasteiger partial charge in [-0.25, -0.2) is 9.96 Å². The zero-order valence-electron chi connectivity index (χ0n) is 22.1. The molecule has 208 valence electrons. The molecule has 3 atom stereocenters. The molecule has 0 aromatic heterocycles. The second kappa shape index (κ2) is 10.1. The highest BCUT2D eigenvalue weighted by atomic mass is 32.2. The molecular weight excluding hydrogens is 552 g/mol. The lowest BCUT2D eigenvalue weighted by molar-refractivity contribution is -0.126. The average Bonchev–Trinajstić information content (AvgIpc) is 3.53. The predicted octanol–water partition coefficient (Wildman–Crippen LogP) is 5.66. The number of imide groups is 1. The maximum atomic E-state index is 14.3. The van der Waals surface area contributed by atoms with Crippen molar-refractivity contribution in [3.63, 3.8) is 0 Å². The lowest BCUT2D eigenvalue weighted by atomic mass is 9.90. The fourth-order valence-corrected chi connectivity index (χ4v) is 6.70. The minimum atomic E-state index is -4.19. The molecule has 2 fully saturated rings. The largest absolute Gasteiger partial charge is 0.379 e. The molecule has 0 radical (unpaired) electrons. The molecule has 2 aliphatic heterocycles. The zero-order valence-corrected chi connectivity index (χ0v) is 22.9. The van der Waals surface area contributed by atoms with Gasteiger partial charge in [-0.15, -0.1) is 0 Å². The minimum Gasteiger partial charge on any atom is -0.379 e. The van der Waals surface area contributed by atoms with Gasteiger partial charge >= 0.3 is 10.1 Å². The van der Waals surface area contributed by atoms with Crippen LogP contribution in [0, 0.1) is 5.92 Å². The van der Waals surface area contributed by atoms with Crippen LogP contribution in [0.3, 0.4) is 0 Å². The summed E-state index contributed by atoms with van der Waals surface area (Å²) in [6.45, 7) is 0. The number of hydrogen-bond acceptors (Lipinski definition) is 7. The van der Waals surface area contributed by atoms with E-state index >= 15 is 0 Å². The van der Waals surface area contributed by atoms with Gasteiger partial charge in [-0.3, -0.25) is 14.4 Å². The topological polar surface area (TPSA) is 93.2 Å². The van der Waals surface area contributed by atoms with Crippen molar-refractivity contribution in [2.45, 2.75) is 17.0 Å². The molecule has 9 heteroatoms. The molecule has 0 aliphatic carbocycles. The lowest BCUT2D eigenvalue weighted by Crippen LogP contribution is -2.37. The monoisotopic (exact) mass is 576 g/mol. The summed E-state index contributed by atoms with van der Waals surface area (Å²) in [5.74, 6) is -1.85. The molecule has 2 amide bonds. The van der Waals surface area contributed by atoms with Crippen molar-refractivity contribution in [2.24, 2.45) is 5.92 Å². The van der Waals surface area contributed by atoms with E-state index in [2.05, 4.69) is 0 Å². The number of anilines is 2. The van der Waals surface area contributed by atoms with Gasteiger partial charge in [0.25, 0.3) is 5.91 Å². The van der Waals surface area contributed by atoms with E-state index in [0.29, 0.717) is 16.9 Å². The van der Waals surface area contributed by atoms with Crippen LogP contribution < -0.4 is 14.1 Å². The third-order valence-corrected chi connectivity index (χ3v) is 8.85. The van der Waals surface area contributed by atoms with Crippen LogP contribution in [0.1, 0.15) is 11.6 Å². The first-order chi connectivity index (χ1) is 20.4. The van der Waals surface area contributed by atoms with Crippen LogP contribution >= 0.6 is 0 Å². The molecule has 0 bridgehead atoms. The highest BCUT2D eigenvalue weighted by Crippen LogP contribution is 2.50. The van der Waals surface area contributed by atoms with Gasteiger partial charge in [-0.1, -0.05) is 91.0 Å². The van der Waals surface area contributed by atoms with Gasteiger partial charge in [0.05, 0.1) is 17.4 Å². The summed E-state index contributed by atoms with van der Waals surface area (Å²) in [5, 5.41) is 3.17. The summed E-state index contributed by atoms with van der Waals surface area (Å²) >= 11 is 0. The Morgan fingerprint density at radius 3 is 2.10 bits per heavy atom. The standard InChI is InChI=1S/C33H24N2O6S/c36-32-29-30(26-19-9-10-21-28(26)41-42(38,39)24-16-5-2-6-17-24)35(23-14-3-1-4-15-23)40-31(29)33(37)34(32)27-20-11-13-22-12-7-8-18-25(22)27/h1-21,29-31H/t29-,30+,31+/m0/s1. The fourth-order valence-electron chi connectivity index (χ4n) is 5.72. The Labute approximate surface area is 242 Å². The molecule has 5 aromatic rings. The van der Waals surface area contributed by atoms with E-state index in [1.807, 2.05) is 48.5 Å². The number of carbonyl (C=O) groups excluding carboxylic acids is 2. The van der Waals surface area contributed by atoms with Crippen molar-refractivity contribution < 1.29 is 27.0 Å². The van der Waals surface area contributed by atoms with Crippen LogP contribution in [-0.2, 0) is 24.5 Å². The Morgan fingerprint density at radius 1 is 0.667 bits per heavy atom. The first-order valence-electron chi connectivity index (χ1n) is 13.4. The zero-order chi connectivity index (χ0) is 28.8. The van der Waals surface area contributed by atoms with Crippen LogP contribution in [0.15, 0.2) is 132 Å². The molecule has 0 N–H and O–H groups in total. The number of hydroxylamine groups is 1. The molecule has 0 spiro atoms. The van der Waals surface area contributed by atoms with Gasteiger partial charge < -0.3 is 4.18 Å². The Balaban J connectivity index is 1.34. The van der Waals surface area contributed by atoms with E-state index in [4.69, 9.17) is 9.02 Å². The lowest BCUT2D eigenvalue weighted by Gasteiger charge is -2.29. The molecule has 7 rings (SSSR count). The fraction of sp³-hybridized carbons (Fsp3) is 0.0909. The molecular formula is C33H24N2O6S. The molecule has 0 saturated carbocycles. The third kappa shape index (κ3) is 4.22. The number of hydrogen-bond donors (Lipinski definition) is 0. The van der Waals surface area contributed by atoms with Crippen LogP contribution in [0.5, 0.6) is 5.75 Å². The number of rotatable bonds is 6. The Bertz CT molecular complexity index is 1930. The van der Waals surface area contributed by atoms with Crippen molar-refractivity contribution in [3.8, 4) is 5.75 Å². The predicted molar refractivity (Wildman–Crippen MR) is 157 cm³/mol. The van der Waals surface area contributed by atoms with Crippen LogP contribution in [0.4, 0.5) is 11.4 Å². The quantitative estimate of drug-likeness (QED) is 0.190. The number of carbonyl (C=O) groups is 2. The summed E-state index contributed by atoms with van der Waals surface area (Å²) in [6, 6.07) is 35.7. The van der Waals surface area contributed by atoms with Gasteiger partial charge in [0.1, 0.15) is 16.6 Å². The van der Waals surface area contributed by atoms with Gasteiger partial charge in [0, 0.05) is 10.9 Å². The third-order valence-electron chi connectivity index (χ3n) is 7.60. The maximum absolute atomic E-state index is 14.3. The number of benzene rings is 5. The molecule has 42 heavy (non-hydrogen) atoms. The number of nitrogens with zero attached hydrogens (tertiary/aromatic N) is 2. The summed E-state index contributed by atoms with van der Waals surface area (Å²) in [7, 11) is -4.19. The summed E-state index contributed by atoms with van der Waals surface area (Å²) in [4.78, 5) is 35.6. The second-order valence-electron chi connectivity index (χ2n) is 10.1. The molecule has 5 aromatic carbocycles. The Hall–Kier alpha value is -4.99. The van der Waals surface area contributed by atoms with E-state index < -0.39 is 40.0 Å². The average molecular weight is 577 g/mol. The van der Waals surface area contributed by atoms with Gasteiger partial charge in [0.15, 0.2) is 6.10 Å². The first kappa shape index (κ1) is 25.9. The number of amides is 2. The summed E-state index contributed by atoms with van der Waals surface area (Å²) in [6.07, 6.45) is -1.12. The van der Waals surface area contributed by atoms with Crippen LogP contribution in [0.2, 0.25) is 0 Å². The highest BCUT2D eigenvalue weighted by Gasteiger charge is 2.61. The summed E-state index contributed by atoms with van der Waals surface area (Å²) < 4.78 is 32.1. The van der Waals surface area contributed by atoms with E-state index in [0.717, 1.165) is 10.8 Å². The minimum absolute atomic E-state index is 0.00508. The van der Waals surface area contributed by atoms with E-state index in [1.54, 1.807) is 60.7 Å². The first-order valence-corrected chi connectivity index (χ1v) is 14.8. The Kier molecular flexibility index (Phi) is 6.26. The maximum Gasteiger partial charge on any atom is 0.339 e. The van der Waals surface area contributed by atoms with Crippen molar-refractivity contribution in [2.75, 3.05) is 9.96 Å². The second-order valence-corrected chi connectivity index (χ2v) is 11.6. The molecule has 0 unspecified atom stereocenters. The smallest absolute Gasteiger partial charge is 0.339 e. The Morgan fingerprint density at radius 2 is 1.31 bits per heavy atom. The van der Waals surface area contributed by atoms with Crippen molar-refractivity contribution in [3.05, 3.63) is 133 Å². The number of para-hydroxylation sites is 2. The summed E-state index contributed by atoms with van der Waals surface area (Å²) in [5.41, 5.74) is 1.48. The molecule has 8 nitrogen and oxygen atoms in total. The SMILES string of the molecule is O=C1[C@H]2[C@@H](c3ccccc3OS(=O)(=O)c3ccccc3)N(c3ccccc3)O[C@H]2C(=O)N1c1cccc2ccccc12. The van der Waals surface area contributed by atoms with Gasteiger partial charge in [-0.05, 0) is 41.8 Å². The van der Waals surface area contributed by atoms with E-state index in [1.165, 1.54) is 28.2 Å². The van der Waals surface area contributed by atoms with Crippen molar-refractivity contribution >= 4 is 44.1 Å². The normalized spacial score (nSPS) is 20.2. The highest BCUT2D eigenvalue weighted by molar-refractivity contribution is 7.87.